The minimum absolute atomic E-state index is 0.0847. The van der Waals surface area contributed by atoms with Crippen LogP contribution in [-0.4, -0.2) is 41.7 Å². The fourth-order valence-electron chi connectivity index (χ4n) is 2.24. The Bertz CT molecular complexity index is 788. The molecule has 25 heavy (non-hydrogen) atoms. The van der Waals surface area contributed by atoms with Crippen molar-refractivity contribution in [2.45, 2.75) is 44.2 Å². The summed E-state index contributed by atoms with van der Waals surface area (Å²) >= 11 is 0. The molecule has 2 aromatic rings. The van der Waals surface area contributed by atoms with E-state index in [1.807, 2.05) is 4.57 Å². The van der Waals surface area contributed by atoms with Gasteiger partial charge in [-0.15, -0.1) is 10.2 Å². The van der Waals surface area contributed by atoms with Crippen LogP contribution in [0.1, 0.15) is 37.0 Å². The van der Waals surface area contributed by atoms with Crippen molar-refractivity contribution in [3.63, 3.8) is 0 Å². The minimum atomic E-state index is -3.61. The molecule has 136 valence electrons. The van der Waals surface area contributed by atoms with Crippen LogP contribution in [0.2, 0.25) is 0 Å². The Morgan fingerprint density at radius 1 is 1.20 bits per heavy atom. The van der Waals surface area contributed by atoms with Crippen molar-refractivity contribution < 1.29 is 13.2 Å². The number of carbonyl (C=O) groups is 1. The number of hydrogen-bond donors (Lipinski definition) is 2. The Morgan fingerprint density at radius 3 is 2.60 bits per heavy atom. The molecule has 1 aromatic heterocycles. The number of nitrogens with zero attached hydrogens (tertiary/aromatic N) is 3. The van der Waals surface area contributed by atoms with Crippen molar-refractivity contribution in [1.82, 2.24) is 24.8 Å². The molecule has 1 amide bonds. The van der Waals surface area contributed by atoms with E-state index in [2.05, 4.69) is 20.2 Å². The number of aromatic nitrogens is 3. The Balaban J connectivity index is 1.86. The Hall–Kier alpha value is -2.26. The van der Waals surface area contributed by atoms with Gasteiger partial charge in [0.25, 0.3) is 5.91 Å². The van der Waals surface area contributed by atoms with Crippen LogP contribution in [0.25, 0.3) is 0 Å². The first-order chi connectivity index (χ1) is 11.9. The molecule has 8 nitrogen and oxygen atoms in total. The maximum atomic E-state index is 12.2. The van der Waals surface area contributed by atoms with E-state index in [0.29, 0.717) is 12.1 Å². The van der Waals surface area contributed by atoms with E-state index < -0.39 is 10.0 Å². The molecule has 0 atom stereocenters. The van der Waals surface area contributed by atoms with Crippen molar-refractivity contribution in [3.8, 4) is 0 Å². The molecule has 9 heteroatoms. The highest BCUT2D eigenvalue weighted by Crippen LogP contribution is 2.12. The van der Waals surface area contributed by atoms with E-state index in [1.54, 1.807) is 38.6 Å². The molecule has 0 fully saturated rings. The topological polar surface area (TPSA) is 106 Å². The van der Waals surface area contributed by atoms with Gasteiger partial charge < -0.3 is 9.88 Å². The van der Waals surface area contributed by atoms with Crippen LogP contribution in [0.5, 0.6) is 0 Å². The SMILES string of the molecule is CC(C)NS(=O)(=O)c1cccc(C(=O)NCCCCn2cnnc2)c1. The van der Waals surface area contributed by atoms with E-state index >= 15 is 0 Å². The van der Waals surface area contributed by atoms with E-state index in [9.17, 15) is 13.2 Å². The smallest absolute Gasteiger partial charge is 0.251 e. The van der Waals surface area contributed by atoms with Gasteiger partial charge in [-0.25, -0.2) is 13.1 Å². The van der Waals surface area contributed by atoms with E-state index in [-0.39, 0.29) is 16.8 Å². The molecule has 0 saturated carbocycles. The maximum Gasteiger partial charge on any atom is 0.251 e. The Morgan fingerprint density at radius 2 is 1.92 bits per heavy atom. The summed E-state index contributed by atoms with van der Waals surface area (Å²) in [7, 11) is -3.61. The average Bonchev–Trinajstić information content (AvgIpc) is 3.06. The second-order valence-corrected chi connectivity index (χ2v) is 7.68. The lowest BCUT2D eigenvalue weighted by molar-refractivity contribution is 0.0952. The summed E-state index contributed by atoms with van der Waals surface area (Å²) in [6, 6.07) is 5.81. The molecule has 2 rings (SSSR count). The first kappa shape index (κ1) is 19.1. The monoisotopic (exact) mass is 365 g/mol. The molecule has 0 aliphatic heterocycles. The molecule has 0 unspecified atom stereocenters. The van der Waals surface area contributed by atoms with Crippen molar-refractivity contribution in [2.24, 2.45) is 0 Å². The van der Waals surface area contributed by atoms with Gasteiger partial charge in [0.1, 0.15) is 12.7 Å². The number of aryl methyl sites for hydroxylation is 1. The predicted octanol–water partition coefficient (Wildman–Crippen LogP) is 1.17. The molecule has 1 heterocycles. The first-order valence-corrected chi connectivity index (χ1v) is 9.60. The molecule has 0 radical (unpaired) electrons. The lowest BCUT2D eigenvalue weighted by Gasteiger charge is -2.11. The van der Waals surface area contributed by atoms with Crippen LogP contribution < -0.4 is 10.0 Å². The summed E-state index contributed by atoms with van der Waals surface area (Å²) in [5.41, 5.74) is 0.324. The standard InChI is InChI=1S/C16H23N5O3S/c1-13(2)20-25(23,24)15-7-5-6-14(10-15)16(22)17-8-3-4-9-21-11-18-19-12-21/h5-7,10-13,20H,3-4,8-9H2,1-2H3,(H,17,22). The number of nitrogens with one attached hydrogen (secondary N) is 2. The van der Waals surface area contributed by atoms with Gasteiger partial charge in [0, 0.05) is 24.7 Å². The fraction of sp³-hybridized carbons (Fsp3) is 0.438. The second-order valence-electron chi connectivity index (χ2n) is 5.97. The highest BCUT2D eigenvalue weighted by molar-refractivity contribution is 7.89. The van der Waals surface area contributed by atoms with Gasteiger partial charge in [-0.2, -0.15) is 0 Å². The number of amides is 1. The predicted molar refractivity (Wildman–Crippen MR) is 93.5 cm³/mol. The number of carbonyl (C=O) groups excluding carboxylic acids is 1. The number of benzene rings is 1. The lowest BCUT2D eigenvalue weighted by atomic mass is 10.2. The van der Waals surface area contributed by atoms with Crippen molar-refractivity contribution in [2.75, 3.05) is 6.54 Å². The highest BCUT2D eigenvalue weighted by Gasteiger charge is 2.17. The lowest BCUT2D eigenvalue weighted by Crippen LogP contribution is -2.30. The van der Waals surface area contributed by atoms with E-state index in [4.69, 9.17) is 0 Å². The van der Waals surface area contributed by atoms with E-state index in [1.165, 1.54) is 12.1 Å². The zero-order valence-corrected chi connectivity index (χ0v) is 15.2. The summed E-state index contributed by atoms with van der Waals surface area (Å²) in [5.74, 6) is -0.286. The molecular formula is C16H23N5O3S. The average molecular weight is 365 g/mol. The molecule has 0 saturated heterocycles. The van der Waals surface area contributed by atoms with Crippen molar-refractivity contribution >= 4 is 15.9 Å². The van der Waals surface area contributed by atoms with Gasteiger partial charge in [0.15, 0.2) is 0 Å². The number of sulfonamides is 1. The Labute approximate surface area is 147 Å². The molecule has 2 N–H and O–H groups in total. The van der Waals surface area contributed by atoms with Gasteiger partial charge >= 0.3 is 0 Å². The summed E-state index contributed by atoms with van der Waals surface area (Å²) in [5, 5.41) is 10.3. The van der Waals surface area contributed by atoms with Crippen molar-refractivity contribution in [1.29, 1.82) is 0 Å². The first-order valence-electron chi connectivity index (χ1n) is 8.11. The second kappa shape index (κ2) is 8.72. The number of rotatable bonds is 9. The minimum Gasteiger partial charge on any atom is -0.352 e. The van der Waals surface area contributed by atoms with Crippen LogP contribution >= 0.6 is 0 Å². The fourth-order valence-corrected chi connectivity index (χ4v) is 3.54. The third kappa shape index (κ3) is 5.95. The van der Waals surface area contributed by atoms with Gasteiger partial charge in [-0.1, -0.05) is 6.07 Å². The van der Waals surface area contributed by atoms with Crippen LogP contribution in [0, 0.1) is 0 Å². The summed E-state index contributed by atoms with van der Waals surface area (Å²) in [4.78, 5) is 12.3. The third-order valence-corrected chi connectivity index (χ3v) is 5.05. The largest absolute Gasteiger partial charge is 0.352 e. The normalized spacial score (nSPS) is 11.6. The van der Waals surface area contributed by atoms with Crippen LogP contribution in [-0.2, 0) is 16.6 Å². The third-order valence-electron chi connectivity index (χ3n) is 3.39. The summed E-state index contributed by atoms with van der Waals surface area (Å²) in [6.07, 6.45) is 4.98. The van der Waals surface area contributed by atoms with Gasteiger partial charge in [0.05, 0.1) is 4.90 Å². The number of hydrogen-bond acceptors (Lipinski definition) is 5. The van der Waals surface area contributed by atoms with Crippen molar-refractivity contribution in [3.05, 3.63) is 42.5 Å². The Kier molecular flexibility index (Phi) is 6.65. The molecule has 0 spiro atoms. The molecule has 1 aromatic carbocycles. The van der Waals surface area contributed by atoms with Crippen LogP contribution in [0.15, 0.2) is 41.8 Å². The zero-order chi connectivity index (χ0) is 18.3. The highest BCUT2D eigenvalue weighted by atomic mass is 32.2. The molecule has 0 bridgehead atoms. The van der Waals surface area contributed by atoms with Crippen LogP contribution in [0.4, 0.5) is 0 Å². The summed E-state index contributed by atoms with van der Waals surface area (Å²) in [6.45, 7) is 4.79. The van der Waals surface area contributed by atoms with Gasteiger partial charge in [-0.05, 0) is 44.9 Å². The zero-order valence-electron chi connectivity index (χ0n) is 14.3. The van der Waals surface area contributed by atoms with Gasteiger partial charge in [-0.3, -0.25) is 4.79 Å². The number of unbranched alkanes of at least 4 members (excludes halogenated alkanes) is 1. The molecule has 0 aliphatic carbocycles. The molecular weight excluding hydrogens is 342 g/mol. The summed E-state index contributed by atoms with van der Waals surface area (Å²) < 4.78 is 28.7. The van der Waals surface area contributed by atoms with Gasteiger partial charge in [0.2, 0.25) is 10.0 Å². The maximum absolute atomic E-state index is 12.2. The van der Waals surface area contributed by atoms with E-state index in [0.717, 1.165) is 19.4 Å². The van der Waals surface area contributed by atoms with Crippen LogP contribution in [0.3, 0.4) is 0 Å². The quantitative estimate of drug-likeness (QED) is 0.649. The molecule has 0 aliphatic rings.